The highest BCUT2D eigenvalue weighted by Gasteiger charge is 2.13. The number of carbonyl (C=O) groups excluding carboxylic acids is 1. The van der Waals surface area contributed by atoms with Crippen molar-refractivity contribution in [3.8, 4) is 0 Å². The Balaban J connectivity index is 1.90. The summed E-state index contributed by atoms with van der Waals surface area (Å²) in [6, 6.07) is 10.8. The molecule has 0 aromatic heterocycles. The Kier molecular flexibility index (Phi) is 8.98. The van der Waals surface area contributed by atoms with Gasteiger partial charge in [0.1, 0.15) is 13.2 Å². The van der Waals surface area contributed by atoms with Gasteiger partial charge in [0.25, 0.3) is 5.09 Å². The Bertz CT molecular complexity index is 842. The zero-order valence-electron chi connectivity index (χ0n) is 15.7. The van der Waals surface area contributed by atoms with Crippen molar-refractivity contribution in [3.05, 3.63) is 67.7 Å². The number of aryl methyl sites for hydroxylation is 1. The van der Waals surface area contributed by atoms with E-state index in [1.165, 1.54) is 0 Å². The first kappa shape index (κ1) is 22.7. The van der Waals surface area contributed by atoms with Gasteiger partial charge in [-0.15, -0.1) is 10.1 Å². The lowest BCUT2D eigenvalue weighted by atomic mass is 10.1. The van der Waals surface area contributed by atoms with E-state index in [0.29, 0.717) is 21.4 Å². The predicted octanol–water partition coefficient (Wildman–Crippen LogP) is 4.36. The van der Waals surface area contributed by atoms with Crippen LogP contribution in [0.15, 0.2) is 36.4 Å². The number of esters is 1. The molecule has 8 nitrogen and oxygen atoms in total. The summed E-state index contributed by atoms with van der Waals surface area (Å²) in [4.78, 5) is 26.3. The second kappa shape index (κ2) is 11.5. The zero-order chi connectivity index (χ0) is 21.2. The number of carbonyl (C=O) groups is 1. The molecule has 0 atom stereocenters. The number of hydrogen-bond acceptors (Lipinski definition) is 7. The summed E-state index contributed by atoms with van der Waals surface area (Å²) in [5.41, 5.74) is 2.96. The van der Waals surface area contributed by atoms with Crippen LogP contribution < -0.4 is 5.32 Å². The quantitative estimate of drug-likeness (QED) is 0.238. The fourth-order valence-electron chi connectivity index (χ4n) is 2.44. The van der Waals surface area contributed by atoms with E-state index in [2.05, 4.69) is 10.2 Å². The molecule has 2 rings (SSSR count). The maximum absolute atomic E-state index is 12.2. The van der Waals surface area contributed by atoms with E-state index in [4.69, 9.17) is 32.7 Å². The predicted molar refractivity (Wildman–Crippen MR) is 109 cm³/mol. The maximum Gasteiger partial charge on any atom is 0.310 e. The molecular weight excluding hydrogens is 423 g/mol. The molecule has 0 bridgehead atoms. The Morgan fingerprint density at radius 3 is 2.48 bits per heavy atom. The molecule has 0 radical (unpaired) electrons. The van der Waals surface area contributed by atoms with E-state index in [1.807, 2.05) is 25.1 Å². The molecule has 0 heterocycles. The summed E-state index contributed by atoms with van der Waals surface area (Å²) in [7, 11) is 0. The molecule has 10 heteroatoms. The van der Waals surface area contributed by atoms with Gasteiger partial charge in [0.2, 0.25) is 0 Å². The highest BCUT2D eigenvalue weighted by Crippen LogP contribution is 2.34. The minimum atomic E-state index is -0.896. The van der Waals surface area contributed by atoms with Gasteiger partial charge in [-0.05, 0) is 30.7 Å². The van der Waals surface area contributed by atoms with Crippen LogP contribution in [0.4, 0.5) is 11.4 Å². The largest absolute Gasteiger partial charge is 0.463 e. The Labute approximate surface area is 177 Å². The highest BCUT2D eigenvalue weighted by molar-refractivity contribution is 6.39. The molecule has 156 valence electrons. The van der Waals surface area contributed by atoms with Crippen molar-refractivity contribution < 1.29 is 24.2 Å². The third-order valence-electron chi connectivity index (χ3n) is 3.73. The van der Waals surface area contributed by atoms with Gasteiger partial charge >= 0.3 is 5.97 Å². The summed E-state index contributed by atoms with van der Waals surface area (Å²) in [5, 5.41) is 13.2. The van der Waals surface area contributed by atoms with Crippen LogP contribution >= 0.6 is 23.2 Å². The number of halogens is 2. The Hall–Kier alpha value is -2.55. The fourth-order valence-corrected chi connectivity index (χ4v) is 2.93. The second-order valence-electron chi connectivity index (χ2n) is 5.95. The summed E-state index contributed by atoms with van der Waals surface area (Å²) < 4.78 is 10.2. The number of nitrogens with zero attached hydrogens (tertiary/aromatic N) is 1. The van der Waals surface area contributed by atoms with E-state index >= 15 is 0 Å². The van der Waals surface area contributed by atoms with Crippen LogP contribution in [0.2, 0.25) is 10.0 Å². The fraction of sp³-hybridized carbons (Fsp3) is 0.316. The van der Waals surface area contributed by atoms with Crippen LogP contribution in [0.25, 0.3) is 0 Å². The van der Waals surface area contributed by atoms with Gasteiger partial charge in [-0.3, -0.25) is 4.79 Å². The van der Waals surface area contributed by atoms with Gasteiger partial charge in [0.05, 0.1) is 35.4 Å². The third kappa shape index (κ3) is 7.77. The molecule has 29 heavy (non-hydrogen) atoms. The van der Waals surface area contributed by atoms with Crippen LogP contribution in [-0.2, 0) is 25.5 Å². The van der Waals surface area contributed by atoms with Crippen LogP contribution in [-0.4, -0.2) is 37.5 Å². The lowest BCUT2D eigenvalue weighted by Gasteiger charge is -2.15. The summed E-state index contributed by atoms with van der Waals surface area (Å²) in [6.45, 7) is 1.91. The molecule has 0 spiro atoms. The number of para-hydroxylation sites is 1. The van der Waals surface area contributed by atoms with E-state index in [9.17, 15) is 14.9 Å². The van der Waals surface area contributed by atoms with Crippen molar-refractivity contribution in [2.75, 3.05) is 31.7 Å². The van der Waals surface area contributed by atoms with Crippen LogP contribution in [0.5, 0.6) is 0 Å². The van der Waals surface area contributed by atoms with E-state index in [0.717, 1.165) is 11.1 Å². The van der Waals surface area contributed by atoms with Gasteiger partial charge in [0, 0.05) is 5.69 Å². The smallest absolute Gasteiger partial charge is 0.310 e. The number of rotatable bonds is 11. The molecule has 1 N–H and O–H groups in total. The number of hydrogen-bond donors (Lipinski definition) is 1. The van der Waals surface area contributed by atoms with Crippen LogP contribution in [0, 0.1) is 17.0 Å². The van der Waals surface area contributed by atoms with Crippen molar-refractivity contribution in [1.82, 2.24) is 0 Å². The first-order chi connectivity index (χ1) is 13.9. The number of anilines is 2. The zero-order valence-corrected chi connectivity index (χ0v) is 17.2. The molecule has 0 aliphatic rings. The van der Waals surface area contributed by atoms with Crippen LogP contribution in [0.3, 0.4) is 0 Å². The van der Waals surface area contributed by atoms with Crippen molar-refractivity contribution in [1.29, 1.82) is 0 Å². The number of ether oxygens (including phenoxy) is 2. The average Bonchev–Trinajstić information content (AvgIpc) is 2.65. The maximum atomic E-state index is 12.2. The highest BCUT2D eigenvalue weighted by atomic mass is 35.5. The van der Waals surface area contributed by atoms with Crippen LogP contribution in [0.1, 0.15) is 11.1 Å². The Morgan fingerprint density at radius 2 is 1.79 bits per heavy atom. The molecule has 0 saturated carbocycles. The van der Waals surface area contributed by atoms with Gasteiger partial charge in [-0.1, -0.05) is 47.0 Å². The standard InChI is InChI=1S/C19H20Cl2N2O6/c1-13-5-6-17(22-19-15(20)3-2-4-16(19)21)14(11-13)12-18(24)28-9-7-27-8-10-29-23(25)26/h2-6,11,22H,7-10,12H2,1H3. The normalized spacial score (nSPS) is 10.4. The second-order valence-corrected chi connectivity index (χ2v) is 6.76. The van der Waals surface area contributed by atoms with Gasteiger partial charge in [-0.25, -0.2) is 0 Å². The molecule has 2 aromatic rings. The topological polar surface area (TPSA) is 99.9 Å². The SMILES string of the molecule is Cc1ccc(Nc2c(Cl)cccc2Cl)c(CC(=O)OCCOCCO[N+](=O)[O-])c1. The van der Waals surface area contributed by atoms with Gasteiger partial charge in [-0.2, -0.15) is 0 Å². The molecule has 0 unspecified atom stereocenters. The monoisotopic (exact) mass is 442 g/mol. The minimum Gasteiger partial charge on any atom is -0.463 e. The van der Waals surface area contributed by atoms with Gasteiger partial charge in [0.15, 0.2) is 0 Å². The average molecular weight is 443 g/mol. The molecule has 0 saturated heterocycles. The summed E-state index contributed by atoms with van der Waals surface area (Å²) in [5.74, 6) is -0.436. The molecule has 0 fully saturated rings. The van der Waals surface area contributed by atoms with Crippen molar-refractivity contribution in [2.45, 2.75) is 13.3 Å². The van der Waals surface area contributed by atoms with Crippen molar-refractivity contribution in [3.63, 3.8) is 0 Å². The summed E-state index contributed by atoms with van der Waals surface area (Å²) >= 11 is 12.4. The first-order valence-corrected chi connectivity index (χ1v) is 9.43. The van der Waals surface area contributed by atoms with E-state index in [-0.39, 0.29) is 32.8 Å². The first-order valence-electron chi connectivity index (χ1n) is 8.68. The molecule has 0 amide bonds. The lowest BCUT2D eigenvalue weighted by Crippen LogP contribution is -2.15. The molecule has 0 aliphatic carbocycles. The van der Waals surface area contributed by atoms with Crippen molar-refractivity contribution in [2.24, 2.45) is 0 Å². The molecular formula is C19H20Cl2N2O6. The summed E-state index contributed by atoms with van der Waals surface area (Å²) in [6.07, 6.45) is 0.0382. The third-order valence-corrected chi connectivity index (χ3v) is 4.36. The molecule has 2 aromatic carbocycles. The Morgan fingerprint density at radius 1 is 1.10 bits per heavy atom. The number of benzene rings is 2. The minimum absolute atomic E-state index is 0.0300. The van der Waals surface area contributed by atoms with Crippen molar-refractivity contribution >= 4 is 40.5 Å². The lowest BCUT2D eigenvalue weighted by molar-refractivity contribution is -0.758. The molecule has 0 aliphatic heterocycles. The number of nitrogens with one attached hydrogen (secondary N) is 1. The van der Waals surface area contributed by atoms with E-state index < -0.39 is 11.1 Å². The van der Waals surface area contributed by atoms with E-state index in [1.54, 1.807) is 18.2 Å². The van der Waals surface area contributed by atoms with Gasteiger partial charge < -0.3 is 19.6 Å².